The first-order valence-electron chi connectivity index (χ1n) is 26.9. The fourth-order valence-electron chi connectivity index (χ4n) is 10.1. The lowest BCUT2D eigenvalue weighted by Crippen LogP contribution is -2.16. The van der Waals surface area contributed by atoms with E-state index in [2.05, 4.69) is 233 Å². The second-order valence-electron chi connectivity index (χ2n) is 21.4. The van der Waals surface area contributed by atoms with Crippen LogP contribution in [0.25, 0.3) is 22.3 Å². The Hall–Kier alpha value is -9.41. The Morgan fingerprint density at radius 1 is 0.321 bits per heavy atom. The number of halogens is 1. The highest BCUT2D eigenvalue weighted by molar-refractivity contribution is 14.1. The molecule has 0 aliphatic carbocycles. The van der Waals surface area contributed by atoms with Gasteiger partial charge in [0, 0.05) is 31.4 Å². The topological polar surface area (TPSA) is 98.9 Å². The number of rotatable bonds is 4. The van der Waals surface area contributed by atoms with E-state index >= 15 is 0 Å². The van der Waals surface area contributed by atoms with Crippen molar-refractivity contribution in [3.8, 4) is 11.5 Å². The molecule has 10 aliphatic heterocycles. The summed E-state index contributed by atoms with van der Waals surface area (Å²) in [5, 5.41) is 0. The molecule has 81 heavy (non-hydrogen) atoms. The van der Waals surface area contributed by atoms with Crippen LogP contribution in [0.5, 0.6) is 0 Å². The number of hydrogen-bond donors (Lipinski definition) is 0. The molecule has 0 N–H and O–H groups in total. The van der Waals surface area contributed by atoms with E-state index in [1.807, 2.05) is 72.9 Å². The van der Waals surface area contributed by atoms with Gasteiger partial charge >= 0.3 is 0 Å². The molecule has 10 aliphatic rings. The smallest absolute Gasteiger partial charge is 0.129 e. The molecule has 0 fully saturated rings. The highest BCUT2D eigenvalue weighted by Crippen LogP contribution is 2.39. The second-order valence-corrected chi connectivity index (χ2v) is 27.4. The van der Waals surface area contributed by atoms with Crippen LogP contribution in [-0.4, -0.2) is 53.8 Å². The van der Waals surface area contributed by atoms with Gasteiger partial charge in [-0.05, 0) is 204 Å². The van der Waals surface area contributed by atoms with E-state index in [1.54, 1.807) is 0 Å². The van der Waals surface area contributed by atoms with Gasteiger partial charge in [-0.3, -0.25) is 0 Å². The number of nitrogens with zero attached hydrogens (tertiary/aromatic N) is 8. The van der Waals surface area contributed by atoms with Gasteiger partial charge in [0.15, 0.2) is 0 Å². The number of fused-ring (bicyclic) bond motifs is 8. The lowest BCUT2D eigenvalue weighted by Gasteiger charge is -2.13. The van der Waals surface area contributed by atoms with Crippen LogP contribution in [0.3, 0.4) is 0 Å². The Balaban J connectivity index is 0.000000213. The zero-order chi connectivity index (χ0) is 55.2. The lowest BCUT2D eigenvalue weighted by atomic mass is 9.97. The largest absolute Gasteiger partial charge is 0.249 e. The predicted octanol–water partition coefficient (Wildman–Crippen LogP) is 15.7. The maximum absolute atomic E-state index is 5.42. The Morgan fingerprint density at radius 3 is 0.901 bits per heavy atom. The Labute approximate surface area is 486 Å². The first kappa shape index (κ1) is 51.1. The van der Waals surface area contributed by atoms with Gasteiger partial charge in [-0.25, -0.2) is 39.9 Å². The van der Waals surface area contributed by atoms with Crippen molar-refractivity contribution in [2.75, 3.05) is 0 Å². The quantitative estimate of drug-likeness (QED) is 0.110. The van der Waals surface area contributed by atoms with Crippen molar-refractivity contribution >= 4 is 98.7 Å². The molecular formula is C71H51IN8Si. The Kier molecular flexibility index (Phi) is 13.4. The molecule has 0 spiro atoms. The fraction of sp³-hybridized carbons (Fsp3) is 0.0704. The van der Waals surface area contributed by atoms with Gasteiger partial charge in [-0.2, -0.15) is 0 Å². The Morgan fingerprint density at radius 2 is 0.605 bits per heavy atom. The summed E-state index contributed by atoms with van der Waals surface area (Å²) in [6.07, 6.45) is 40.7. The molecule has 10 heterocycles. The van der Waals surface area contributed by atoms with E-state index in [4.69, 9.17) is 20.0 Å². The van der Waals surface area contributed by atoms with Crippen molar-refractivity contribution in [2.45, 2.75) is 33.5 Å². The van der Waals surface area contributed by atoms with Crippen LogP contribution in [0.2, 0.25) is 19.6 Å². The van der Waals surface area contributed by atoms with Crippen LogP contribution in [0, 0.1) is 28.9 Å². The summed E-state index contributed by atoms with van der Waals surface area (Å²) in [4.78, 5) is 40.0. The SMILES string of the molecule is C1=CC2=NC1=CC1=NC(=CC3=NC(=CC4=NC(=C2)C=C4)C=C3)C=C1.Cc1ccc(C2=C3C=CC(=N3)C(c3ccc(C#C[Si](C)(C)C)cc3)=C3C=CC(=N3)C(c3ccc(C)cc3)=C3C=CC(=N3)C(c3ccc(I)cc3)=C3C=CC2=N3)cc1. The lowest BCUT2D eigenvalue weighted by molar-refractivity contribution is 1.40. The van der Waals surface area contributed by atoms with Gasteiger partial charge in [0.1, 0.15) is 8.07 Å². The van der Waals surface area contributed by atoms with Crippen LogP contribution in [0.15, 0.2) is 304 Å². The normalized spacial score (nSPS) is 18.7. The van der Waals surface area contributed by atoms with Crippen molar-refractivity contribution in [3.63, 3.8) is 0 Å². The second kappa shape index (κ2) is 21.3. The molecule has 14 rings (SSSR count). The van der Waals surface area contributed by atoms with Gasteiger partial charge in [0.2, 0.25) is 0 Å². The zero-order valence-electron chi connectivity index (χ0n) is 45.2. The van der Waals surface area contributed by atoms with E-state index in [-0.39, 0.29) is 0 Å². The number of allylic oxidation sites excluding steroid dienone is 24. The van der Waals surface area contributed by atoms with E-state index in [1.165, 1.54) is 14.7 Å². The number of benzene rings is 4. The van der Waals surface area contributed by atoms with E-state index in [0.29, 0.717) is 0 Å². The molecule has 0 aromatic heterocycles. The molecule has 16 bridgehead atoms. The van der Waals surface area contributed by atoms with Crippen molar-refractivity contribution < 1.29 is 0 Å². The van der Waals surface area contributed by atoms with E-state index < -0.39 is 8.07 Å². The minimum atomic E-state index is -1.53. The molecule has 8 nitrogen and oxygen atoms in total. The van der Waals surface area contributed by atoms with Gasteiger partial charge < -0.3 is 0 Å². The molecule has 4 aromatic rings. The third kappa shape index (κ3) is 11.1. The van der Waals surface area contributed by atoms with E-state index in [0.717, 1.165) is 141 Å². The molecule has 386 valence electrons. The van der Waals surface area contributed by atoms with Crippen molar-refractivity contribution in [1.29, 1.82) is 0 Å². The molecule has 4 aromatic carbocycles. The summed E-state index contributed by atoms with van der Waals surface area (Å²) in [5.41, 5.74) is 28.9. The fourth-order valence-corrected chi connectivity index (χ4v) is 11.0. The molecule has 0 amide bonds. The van der Waals surface area contributed by atoms with E-state index in [9.17, 15) is 0 Å². The van der Waals surface area contributed by atoms with Gasteiger partial charge in [0.25, 0.3) is 0 Å². The highest BCUT2D eigenvalue weighted by atomic mass is 127. The highest BCUT2D eigenvalue weighted by Gasteiger charge is 2.28. The van der Waals surface area contributed by atoms with Crippen molar-refractivity contribution in [3.05, 3.63) is 307 Å². The Bertz CT molecular complexity index is 4120. The molecule has 0 unspecified atom stereocenters. The summed E-state index contributed by atoms with van der Waals surface area (Å²) >= 11 is 2.36. The van der Waals surface area contributed by atoms with Crippen LogP contribution < -0.4 is 0 Å². The standard InChI is InChI=1S/C51H39IN4Si.C20H12N4/c1-32-6-12-35(13-7-32)48-40-22-26-44(53-40)50(37-16-10-34(11-17-37)30-31-57(3,4)5)45-27-23-41(54-45)49(36-14-8-33(2)9-15-36)43-25-29-47(56-43)51(46-28-24-42(48)55-46)38-18-20-39(52)21-19-38;1-2-14-10-16-5-6-18(23-16)12-20-8-7-19(24-20)11-17-4-3-15(22-17)9-13(1)21-14/h6-29H,1-5H3;1-12H. The maximum Gasteiger partial charge on any atom is 0.129 e. The molecular weight excluding hydrogens is 1120 g/mol. The minimum absolute atomic E-state index is 0.843. The maximum atomic E-state index is 5.42. The summed E-state index contributed by atoms with van der Waals surface area (Å²) < 4.78 is 1.17. The first-order valence-corrected chi connectivity index (χ1v) is 31.5. The molecule has 0 radical (unpaired) electrons. The third-order valence-electron chi connectivity index (χ3n) is 14.1. The van der Waals surface area contributed by atoms with Crippen LogP contribution in [0.4, 0.5) is 0 Å². The van der Waals surface area contributed by atoms with Crippen molar-refractivity contribution in [1.82, 2.24) is 0 Å². The number of hydrogen-bond acceptors (Lipinski definition) is 8. The first-order chi connectivity index (χ1) is 39.4. The zero-order valence-corrected chi connectivity index (χ0v) is 48.4. The third-order valence-corrected chi connectivity index (χ3v) is 15.7. The summed E-state index contributed by atoms with van der Waals surface area (Å²) in [5.74, 6) is 3.42. The van der Waals surface area contributed by atoms with Crippen LogP contribution in [0.1, 0.15) is 38.9 Å². The molecule has 0 atom stereocenters. The predicted molar refractivity (Wildman–Crippen MR) is 351 cm³/mol. The van der Waals surface area contributed by atoms with Crippen LogP contribution >= 0.6 is 22.6 Å². The number of aliphatic imine (C=N–C) groups is 8. The minimum Gasteiger partial charge on any atom is -0.249 e. The van der Waals surface area contributed by atoms with Gasteiger partial charge in [-0.15, -0.1) is 5.54 Å². The summed E-state index contributed by atoms with van der Waals surface area (Å²) in [7, 11) is -1.53. The number of aryl methyl sites for hydroxylation is 2. The monoisotopic (exact) mass is 1170 g/mol. The summed E-state index contributed by atoms with van der Waals surface area (Å²) in [6, 6.07) is 34.4. The average Bonchev–Trinajstić information content (AvgIpc) is 4.49. The molecule has 0 saturated carbocycles. The average molecular weight is 1170 g/mol. The van der Waals surface area contributed by atoms with Crippen molar-refractivity contribution in [2.24, 2.45) is 39.9 Å². The van der Waals surface area contributed by atoms with Gasteiger partial charge in [0.05, 0.1) is 91.3 Å². The van der Waals surface area contributed by atoms with Gasteiger partial charge in [-0.1, -0.05) is 109 Å². The van der Waals surface area contributed by atoms with Crippen LogP contribution in [-0.2, 0) is 0 Å². The summed E-state index contributed by atoms with van der Waals surface area (Å²) in [6.45, 7) is 11.0. The molecule has 10 heteroatoms. The molecule has 0 saturated heterocycles.